The molecule has 6 heteroatoms. The molecule has 0 radical (unpaired) electrons. The highest BCUT2D eigenvalue weighted by Crippen LogP contribution is 2.12. The Morgan fingerprint density at radius 2 is 1.95 bits per heavy atom. The second kappa shape index (κ2) is 6.56. The predicted molar refractivity (Wildman–Crippen MR) is 81.3 cm³/mol. The molecule has 1 aromatic heterocycles. The second-order valence-corrected chi connectivity index (χ2v) is 5.55. The standard InChI is InChI=1S/C15H22N4O2/c1-11(20)19-8-6-13(7-9-19)17-15(21)12-4-5-14(16-10-12)18(2)3/h4-5,10,13H,6-9H2,1-3H3,(H,17,21). The van der Waals surface area contributed by atoms with Gasteiger partial charge >= 0.3 is 0 Å². The summed E-state index contributed by atoms with van der Waals surface area (Å²) >= 11 is 0. The Kier molecular flexibility index (Phi) is 4.77. The van der Waals surface area contributed by atoms with Crippen LogP contribution in [0.15, 0.2) is 18.3 Å². The zero-order valence-electron chi connectivity index (χ0n) is 12.8. The smallest absolute Gasteiger partial charge is 0.253 e. The highest BCUT2D eigenvalue weighted by molar-refractivity contribution is 5.94. The van der Waals surface area contributed by atoms with Crippen molar-refractivity contribution in [2.75, 3.05) is 32.1 Å². The molecule has 2 amide bonds. The maximum absolute atomic E-state index is 12.2. The van der Waals surface area contributed by atoms with Crippen LogP contribution < -0.4 is 10.2 Å². The topological polar surface area (TPSA) is 65.5 Å². The number of piperidine rings is 1. The summed E-state index contributed by atoms with van der Waals surface area (Å²) in [6.45, 7) is 2.99. The van der Waals surface area contributed by atoms with Gasteiger partial charge in [0.25, 0.3) is 5.91 Å². The van der Waals surface area contributed by atoms with Crippen molar-refractivity contribution < 1.29 is 9.59 Å². The normalized spacial score (nSPS) is 15.7. The molecule has 1 N–H and O–H groups in total. The summed E-state index contributed by atoms with van der Waals surface area (Å²) in [5, 5.41) is 3.01. The third-order valence-electron chi connectivity index (χ3n) is 3.74. The fourth-order valence-electron chi connectivity index (χ4n) is 2.39. The lowest BCUT2D eigenvalue weighted by Crippen LogP contribution is -2.46. The van der Waals surface area contributed by atoms with Crippen LogP contribution in [0.25, 0.3) is 0 Å². The van der Waals surface area contributed by atoms with Gasteiger partial charge in [0.15, 0.2) is 0 Å². The minimum absolute atomic E-state index is 0.100. The van der Waals surface area contributed by atoms with Crippen LogP contribution in [0.2, 0.25) is 0 Å². The molecule has 0 aromatic carbocycles. The van der Waals surface area contributed by atoms with Crippen LogP contribution >= 0.6 is 0 Å². The van der Waals surface area contributed by atoms with E-state index >= 15 is 0 Å². The first-order valence-corrected chi connectivity index (χ1v) is 7.17. The lowest BCUT2D eigenvalue weighted by Gasteiger charge is -2.31. The molecule has 2 heterocycles. The van der Waals surface area contributed by atoms with Crippen molar-refractivity contribution in [1.82, 2.24) is 15.2 Å². The van der Waals surface area contributed by atoms with E-state index < -0.39 is 0 Å². The number of hydrogen-bond donors (Lipinski definition) is 1. The SMILES string of the molecule is CC(=O)N1CCC(NC(=O)c2ccc(N(C)C)nc2)CC1. The van der Waals surface area contributed by atoms with Crippen LogP contribution in [0.3, 0.4) is 0 Å². The molecule has 0 saturated carbocycles. The van der Waals surface area contributed by atoms with Crippen molar-refractivity contribution >= 4 is 17.6 Å². The van der Waals surface area contributed by atoms with E-state index in [4.69, 9.17) is 0 Å². The molecular formula is C15H22N4O2. The summed E-state index contributed by atoms with van der Waals surface area (Å²) in [6.07, 6.45) is 3.19. The number of nitrogens with one attached hydrogen (secondary N) is 1. The second-order valence-electron chi connectivity index (χ2n) is 5.55. The van der Waals surface area contributed by atoms with Crippen LogP contribution in [0, 0.1) is 0 Å². The molecule has 21 heavy (non-hydrogen) atoms. The van der Waals surface area contributed by atoms with Crippen molar-refractivity contribution in [1.29, 1.82) is 0 Å². The summed E-state index contributed by atoms with van der Waals surface area (Å²) in [6, 6.07) is 3.73. The lowest BCUT2D eigenvalue weighted by molar-refractivity contribution is -0.129. The third kappa shape index (κ3) is 3.93. The molecule has 1 aliphatic rings. The van der Waals surface area contributed by atoms with Crippen molar-refractivity contribution in [2.24, 2.45) is 0 Å². The van der Waals surface area contributed by atoms with E-state index in [1.807, 2.05) is 30.0 Å². The summed E-state index contributed by atoms with van der Waals surface area (Å²) in [4.78, 5) is 31.4. The number of pyridine rings is 1. The zero-order chi connectivity index (χ0) is 15.4. The molecule has 0 aliphatic carbocycles. The van der Waals surface area contributed by atoms with Crippen molar-refractivity contribution in [2.45, 2.75) is 25.8 Å². The van der Waals surface area contributed by atoms with Crippen LogP contribution in [0.1, 0.15) is 30.1 Å². The molecule has 1 saturated heterocycles. The lowest BCUT2D eigenvalue weighted by atomic mass is 10.0. The van der Waals surface area contributed by atoms with Gasteiger partial charge in [-0.3, -0.25) is 9.59 Å². The van der Waals surface area contributed by atoms with Gasteiger partial charge in [0.2, 0.25) is 5.91 Å². The van der Waals surface area contributed by atoms with Crippen LogP contribution in [0.4, 0.5) is 5.82 Å². The molecule has 0 bridgehead atoms. The van der Waals surface area contributed by atoms with E-state index in [0.29, 0.717) is 18.7 Å². The number of carbonyl (C=O) groups is 2. The Morgan fingerprint density at radius 1 is 1.29 bits per heavy atom. The van der Waals surface area contributed by atoms with Crippen molar-refractivity contribution in [3.05, 3.63) is 23.9 Å². The van der Waals surface area contributed by atoms with Crippen LogP contribution in [-0.4, -0.2) is 54.9 Å². The van der Waals surface area contributed by atoms with Gasteiger partial charge in [0.05, 0.1) is 5.56 Å². The number of rotatable bonds is 3. The summed E-state index contributed by atoms with van der Waals surface area (Å²) in [7, 11) is 3.82. The first-order valence-electron chi connectivity index (χ1n) is 7.17. The molecule has 0 unspecified atom stereocenters. The van der Waals surface area contributed by atoms with Crippen LogP contribution in [-0.2, 0) is 4.79 Å². The van der Waals surface area contributed by atoms with Gasteiger partial charge in [-0.1, -0.05) is 0 Å². The molecule has 1 fully saturated rings. The molecule has 0 spiro atoms. The minimum Gasteiger partial charge on any atom is -0.363 e. The average molecular weight is 290 g/mol. The number of aromatic nitrogens is 1. The molecule has 1 aliphatic heterocycles. The summed E-state index contributed by atoms with van der Waals surface area (Å²) in [5.74, 6) is 0.818. The quantitative estimate of drug-likeness (QED) is 0.898. The fraction of sp³-hybridized carbons (Fsp3) is 0.533. The Hall–Kier alpha value is -2.11. The largest absolute Gasteiger partial charge is 0.363 e. The summed E-state index contributed by atoms with van der Waals surface area (Å²) in [5.41, 5.74) is 0.564. The highest BCUT2D eigenvalue weighted by Gasteiger charge is 2.22. The predicted octanol–water partition coefficient (Wildman–Crippen LogP) is 0.888. The zero-order valence-corrected chi connectivity index (χ0v) is 12.8. The molecule has 6 nitrogen and oxygen atoms in total. The number of likely N-dealkylation sites (tertiary alicyclic amines) is 1. The maximum atomic E-state index is 12.2. The van der Waals surface area contributed by atoms with Gasteiger partial charge < -0.3 is 15.1 Å². The maximum Gasteiger partial charge on any atom is 0.253 e. The first-order chi connectivity index (χ1) is 9.97. The van der Waals surface area contributed by atoms with E-state index in [1.54, 1.807) is 19.2 Å². The minimum atomic E-state index is -0.103. The Labute approximate surface area is 125 Å². The number of carbonyl (C=O) groups excluding carboxylic acids is 2. The third-order valence-corrected chi connectivity index (χ3v) is 3.74. The molecule has 2 rings (SSSR count). The first kappa shape index (κ1) is 15.3. The van der Waals surface area contributed by atoms with Gasteiger partial charge in [-0.25, -0.2) is 4.98 Å². The highest BCUT2D eigenvalue weighted by atomic mass is 16.2. The molecule has 114 valence electrons. The van der Waals surface area contributed by atoms with Gasteiger partial charge in [0.1, 0.15) is 5.82 Å². The molecular weight excluding hydrogens is 268 g/mol. The number of amides is 2. The van der Waals surface area contributed by atoms with Crippen molar-refractivity contribution in [3.63, 3.8) is 0 Å². The average Bonchev–Trinajstić information content (AvgIpc) is 2.47. The van der Waals surface area contributed by atoms with Gasteiger partial charge in [-0.2, -0.15) is 0 Å². The van der Waals surface area contributed by atoms with E-state index in [2.05, 4.69) is 10.3 Å². The van der Waals surface area contributed by atoms with E-state index in [0.717, 1.165) is 18.7 Å². The number of hydrogen-bond acceptors (Lipinski definition) is 4. The van der Waals surface area contributed by atoms with Gasteiger partial charge in [0, 0.05) is 46.3 Å². The van der Waals surface area contributed by atoms with E-state index in [1.165, 1.54) is 0 Å². The summed E-state index contributed by atoms with van der Waals surface area (Å²) < 4.78 is 0. The monoisotopic (exact) mass is 290 g/mol. The molecule has 0 atom stereocenters. The van der Waals surface area contributed by atoms with Gasteiger partial charge in [-0.05, 0) is 25.0 Å². The van der Waals surface area contributed by atoms with Crippen molar-refractivity contribution in [3.8, 4) is 0 Å². The van der Waals surface area contributed by atoms with Crippen LogP contribution in [0.5, 0.6) is 0 Å². The fourth-order valence-corrected chi connectivity index (χ4v) is 2.39. The Bertz CT molecular complexity index is 505. The Morgan fingerprint density at radius 3 is 2.43 bits per heavy atom. The molecule has 1 aromatic rings. The number of nitrogens with zero attached hydrogens (tertiary/aromatic N) is 3. The van der Waals surface area contributed by atoms with E-state index in [-0.39, 0.29) is 17.9 Å². The Balaban J connectivity index is 1.89. The number of anilines is 1. The van der Waals surface area contributed by atoms with Gasteiger partial charge in [-0.15, -0.1) is 0 Å². The van der Waals surface area contributed by atoms with E-state index in [9.17, 15) is 9.59 Å².